The molecule has 7 nitrogen and oxygen atoms in total. The highest BCUT2D eigenvalue weighted by Gasteiger charge is 2.27. The summed E-state index contributed by atoms with van der Waals surface area (Å²) in [6.07, 6.45) is 1.49. The van der Waals surface area contributed by atoms with Crippen LogP contribution < -0.4 is 4.74 Å². The quantitative estimate of drug-likeness (QED) is 0.456. The van der Waals surface area contributed by atoms with Gasteiger partial charge in [0.25, 0.3) is 11.8 Å². The van der Waals surface area contributed by atoms with Gasteiger partial charge in [0.15, 0.2) is 5.76 Å². The van der Waals surface area contributed by atoms with Crippen LogP contribution in [0.2, 0.25) is 0 Å². The van der Waals surface area contributed by atoms with E-state index in [1.54, 1.807) is 35.1 Å². The first-order chi connectivity index (χ1) is 16.5. The number of furan rings is 1. The van der Waals surface area contributed by atoms with Crippen molar-refractivity contribution in [1.82, 2.24) is 14.8 Å². The second kappa shape index (κ2) is 9.02. The minimum atomic E-state index is -0.150. The summed E-state index contributed by atoms with van der Waals surface area (Å²) in [5.74, 6) is 0.766. The van der Waals surface area contributed by atoms with E-state index >= 15 is 0 Å². The first kappa shape index (κ1) is 21.7. The molecule has 2 aromatic heterocycles. The van der Waals surface area contributed by atoms with Crippen molar-refractivity contribution >= 4 is 22.7 Å². The van der Waals surface area contributed by atoms with Crippen molar-refractivity contribution in [2.45, 2.75) is 6.92 Å². The van der Waals surface area contributed by atoms with Crippen LogP contribution in [0.25, 0.3) is 22.2 Å². The molecule has 0 saturated carbocycles. The summed E-state index contributed by atoms with van der Waals surface area (Å²) in [5, 5.41) is 0.788. The lowest BCUT2D eigenvalue weighted by atomic mass is 10.0. The average Bonchev–Trinajstić information content (AvgIpc) is 3.42. The van der Waals surface area contributed by atoms with E-state index in [1.165, 1.54) is 11.8 Å². The Balaban J connectivity index is 1.35. The number of aromatic nitrogens is 1. The van der Waals surface area contributed by atoms with Gasteiger partial charge in [-0.3, -0.25) is 9.59 Å². The highest BCUT2D eigenvalue weighted by molar-refractivity contribution is 6.00. The Morgan fingerprint density at radius 2 is 1.62 bits per heavy atom. The Bertz CT molecular complexity index is 1340. The number of benzene rings is 2. The summed E-state index contributed by atoms with van der Waals surface area (Å²) >= 11 is 0. The molecular formula is C27H25N3O4. The van der Waals surface area contributed by atoms with Gasteiger partial charge in [0.1, 0.15) is 5.75 Å². The number of hydrogen-bond acceptors (Lipinski definition) is 5. The molecule has 0 spiro atoms. The molecule has 4 aromatic rings. The molecule has 5 rings (SSSR count). The zero-order valence-corrected chi connectivity index (χ0v) is 19.2. The molecule has 2 aromatic carbocycles. The predicted molar refractivity (Wildman–Crippen MR) is 129 cm³/mol. The monoisotopic (exact) mass is 455 g/mol. The molecule has 0 atom stereocenters. The number of piperazine rings is 1. The summed E-state index contributed by atoms with van der Waals surface area (Å²) in [4.78, 5) is 34.0. The highest BCUT2D eigenvalue weighted by atomic mass is 16.5. The smallest absolute Gasteiger partial charge is 0.289 e. The lowest BCUT2D eigenvalue weighted by Gasteiger charge is -2.34. The third kappa shape index (κ3) is 4.12. The van der Waals surface area contributed by atoms with E-state index in [0.29, 0.717) is 43.3 Å². The van der Waals surface area contributed by atoms with Gasteiger partial charge in [-0.25, -0.2) is 4.98 Å². The van der Waals surface area contributed by atoms with Gasteiger partial charge in [0, 0.05) is 48.8 Å². The lowest BCUT2D eigenvalue weighted by Crippen LogP contribution is -2.50. The van der Waals surface area contributed by atoms with Crippen LogP contribution in [0.4, 0.5) is 0 Å². The van der Waals surface area contributed by atoms with Gasteiger partial charge in [-0.2, -0.15) is 0 Å². The highest BCUT2D eigenvalue weighted by Crippen LogP contribution is 2.31. The topological polar surface area (TPSA) is 75.9 Å². The van der Waals surface area contributed by atoms with Crippen LogP contribution in [0, 0.1) is 6.92 Å². The maximum absolute atomic E-state index is 13.2. The first-order valence-electron chi connectivity index (χ1n) is 11.2. The van der Waals surface area contributed by atoms with Crippen LogP contribution in [-0.2, 0) is 0 Å². The molecule has 3 heterocycles. The number of nitrogens with zero attached hydrogens (tertiary/aromatic N) is 3. The van der Waals surface area contributed by atoms with E-state index in [1.807, 2.05) is 37.3 Å². The van der Waals surface area contributed by atoms with Crippen molar-refractivity contribution in [3.05, 3.63) is 83.8 Å². The van der Waals surface area contributed by atoms with E-state index in [9.17, 15) is 9.59 Å². The Kier molecular flexibility index (Phi) is 5.76. The number of amides is 2. The maximum Gasteiger partial charge on any atom is 0.289 e. The number of pyridine rings is 1. The maximum atomic E-state index is 13.2. The normalized spacial score (nSPS) is 13.8. The molecule has 34 heavy (non-hydrogen) atoms. The number of aryl methyl sites for hydroxylation is 1. The molecule has 1 saturated heterocycles. The molecule has 2 amide bonds. The van der Waals surface area contributed by atoms with Crippen molar-refractivity contribution in [2.75, 3.05) is 33.3 Å². The van der Waals surface area contributed by atoms with Crippen LogP contribution in [0.15, 0.2) is 71.3 Å². The van der Waals surface area contributed by atoms with Crippen molar-refractivity contribution in [3.8, 4) is 17.0 Å². The molecule has 0 aliphatic carbocycles. The van der Waals surface area contributed by atoms with Crippen molar-refractivity contribution in [2.24, 2.45) is 0 Å². The van der Waals surface area contributed by atoms with Crippen LogP contribution in [0.5, 0.6) is 5.75 Å². The Labute approximate surface area is 197 Å². The van der Waals surface area contributed by atoms with Gasteiger partial charge in [0.2, 0.25) is 0 Å². The molecule has 0 unspecified atom stereocenters. The molecular weight excluding hydrogens is 430 g/mol. The zero-order chi connectivity index (χ0) is 23.7. The van der Waals surface area contributed by atoms with Gasteiger partial charge in [-0.1, -0.05) is 29.8 Å². The second-order valence-electron chi connectivity index (χ2n) is 8.37. The van der Waals surface area contributed by atoms with Gasteiger partial charge >= 0.3 is 0 Å². The van der Waals surface area contributed by atoms with Gasteiger partial charge < -0.3 is 19.0 Å². The summed E-state index contributed by atoms with van der Waals surface area (Å²) in [6.45, 7) is 3.90. The molecule has 7 heteroatoms. The number of rotatable bonds is 4. The van der Waals surface area contributed by atoms with Crippen LogP contribution in [0.1, 0.15) is 26.5 Å². The number of hydrogen-bond donors (Lipinski definition) is 0. The third-order valence-corrected chi connectivity index (χ3v) is 6.17. The standard InChI is InChI=1S/C27H25N3O4/c1-18-5-7-19(8-6-18)23-17-25(33-2)21-16-20(9-10-22(21)28-23)26(31)29-11-13-30(14-12-29)27(32)24-4-3-15-34-24/h3-10,15-17H,11-14H2,1-2H3. The van der Waals surface area contributed by atoms with E-state index in [4.69, 9.17) is 14.1 Å². The molecule has 0 N–H and O–H groups in total. The summed E-state index contributed by atoms with van der Waals surface area (Å²) in [6, 6.07) is 18.9. The van der Waals surface area contributed by atoms with Crippen molar-refractivity contribution in [3.63, 3.8) is 0 Å². The predicted octanol–water partition coefficient (Wildman–Crippen LogP) is 4.41. The Morgan fingerprint density at radius 1 is 0.912 bits per heavy atom. The number of ether oxygens (including phenoxy) is 1. The number of carbonyl (C=O) groups is 2. The number of methoxy groups -OCH3 is 1. The molecule has 1 fully saturated rings. The average molecular weight is 456 g/mol. The van der Waals surface area contributed by atoms with E-state index in [0.717, 1.165) is 22.2 Å². The van der Waals surface area contributed by atoms with E-state index < -0.39 is 0 Å². The minimum absolute atomic E-state index is 0.0725. The van der Waals surface area contributed by atoms with Crippen LogP contribution in [0.3, 0.4) is 0 Å². The lowest BCUT2D eigenvalue weighted by molar-refractivity contribution is 0.0518. The molecule has 0 radical (unpaired) electrons. The molecule has 1 aliphatic heterocycles. The minimum Gasteiger partial charge on any atom is -0.496 e. The van der Waals surface area contributed by atoms with Gasteiger partial charge in [-0.05, 0) is 37.3 Å². The molecule has 172 valence electrons. The Morgan fingerprint density at radius 3 is 2.26 bits per heavy atom. The van der Waals surface area contributed by atoms with E-state index in [2.05, 4.69) is 12.1 Å². The van der Waals surface area contributed by atoms with Crippen molar-refractivity contribution < 1.29 is 18.7 Å². The fourth-order valence-electron chi connectivity index (χ4n) is 4.22. The molecule has 0 bridgehead atoms. The van der Waals surface area contributed by atoms with E-state index in [-0.39, 0.29) is 11.8 Å². The fraction of sp³-hybridized carbons (Fsp3) is 0.222. The summed E-state index contributed by atoms with van der Waals surface area (Å²) in [7, 11) is 1.62. The number of carbonyl (C=O) groups excluding carboxylic acids is 2. The van der Waals surface area contributed by atoms with Crippen LogP contribution in [-0.4, -0.2) is 59.9 Å². The SMILES string of the molecule is COc1cc(-c2ccc(C)cc2)nc2ccc(C(=O)N3CCN(C(=O)c4ccco4)CC3)cc12. The van der Waals surface area contributed by atoms with Crippen LogP contribution >= 0.6 is 0 Å². The molecule has 1 aliphatic rings. The summed E-state index contributed by atoms with van der Waals surface area (Å²) < 4.78 is 10.9. The first-order valence-corrected chi connectivity index (χ1v) is 11.2. The van der Waals surface area contributed by atoms with Gasteiger partial charge in [-0.15, -0.1) is 0 Å². The Hall–Kier alpha value is -4.13. The zero-order valence-electron chi connectivity index (χ0n) is 19.2. The summed E-state index contributed by atoms with van der Waals surface area (Å²) in [5.41, 5.74) is 4.35. The van der Waals surface area contributed by atoms with Gasteiger partial charge in [0.05, 0.1) is 24.6 Å². The number of fused-ring (bicyclic) bond motifs is 1. The third-order valence-electron chi connectivity index (χ3n) is 6.17. The second-order valence-corrected chi connectivity index (χ2v) is 8.37. The largest absolute Gasteiger partial charge is 0.496 e. The fourth-order valence-corrected chi connectivity index (χ4v) is 4.22. The van der Waals surface area contributed by atoms with Crippen molar-refractivity contribution in [1.29, 1.82) is 0 Å².